The normalized spacial score (nSPS) is 22.8. The van der Waals surface area contributed by atoms with Gasteiger partial charge in [-0.3, -0.25) is 9.59 Å². The molecule has 4 nitrogen and oxygen atoms in total. The van der Waals surface area contributed by atoms with Gasteiger partial charge in [-0.25, -0.2) is 0 Å². The minimum Gasteiger partial charge on any atom is -0.481 e. The predicted octanol–water partition coefficient (Wildman–Crippen LogP) is 3.19. The molecule has 0 bridgehead atoms. The first kappa shape index (κ1) is 16.2. The summed E-state index contributed by atoms with van der Waals surface area (Å²) in [5.74, 6) is -1.14. The highest BCUT2D eigenvalue weighted by Crippen LogP contribution is 2.28. The summed E-state index contributed by atoms with van der Waals surface area (Å²) in [5.41, 5.74) is 0. The number of carbonyl (C=O) groups is 2. The van der Waals surface area contributed by atoms with Crippen LogP contribution in [0.3, 0.4) is 0 Å². The van der Waals surface area contributed by atoms with Crippen LogP contribution in [0.4, 0.5) is 0 Å². The SMILES string of the molecule is CC(Sc1ccc(Cl)cc1)C(=O)N[C@@H]1CC[C@H](C(=O)O)C1. The third-order valence-electron chi connectivity index (χ3n) is 3.62. The average molecular weight is 328 g/mol. The molecule has 6 heteroatoms. The van der Waals surface area contributed by atoms with Crippen molar-refractivity contribution < 1.29 is 14.7 Å². The molecule has 1 aliphatic rings. The van der Waals surface area contributed by atoms with E-state index in [0.29, 0.717) is 17.9 Å². The van der Waals surface area contributed by atoms with Gasteiger partial charge in [0.1, 0.15) is 0 Å². The number of thioether (sulfide) groups is 1. The smallest absolute Gasteiger partial charge is 0.306 e. The third kappa shape index (κ3) is 4.64. The fraction of sp³-hybridized carbons (Fsp3) is 0.467. The van der Waals surface area contributed by atoms with Gasteiger partial charge in [0, 0.05) is 16.0 Å². The number of nitrogens with one attached hydrogen (secondary N) is 1. The van der Waals surface area contributed by atoms with Gasteiger partial charge in [-0.15, -0.1) is 11.8 Å². The predicted molar refractivity (Wildman–Crippen MR) is 83.7 cm³/mol. The van der Waals surface area contributed by atoms with Crippen LogP contribution in [0.1, 0.15) is 26.2 Å². The largest absolute Gasteiger partial charge is 0.481 e. The Morgan fingerprint density at radius 3 is 2.57 bits per heavy atom. The third-order valence-corrected chi connectivity index (χ3v) is 4.99. The molecule has 0 saturated heterocycles. The van der Waals surface area contributed by atoms with E-state index in [0.717, 1.165) is 11.3 Å². The van der Waals surface area contributed by atoms with E-state index in [1.54, 1.807) is 12.1 Å². The molecular formula is C15H18ClNO3S. The van der Waals surface area contributed by atoms with Crippen LogP contribution in [-0.4, -0.2) is 28.3 Å². The number of aliphatic carboxylic acids is 1. The Labute approximate surface area is 133 Å². The molecule has 1 aromatic rings. The number of halogens is 1. The number of hydrogen-bond acceptors (Lipinski definition) is 3. The molecular weight excluding hydrogens is 310 g/mol. The Morgan fingerprint density at radius 1 is 1.33 bits per heavy atom. The van der Waals surface area contributed by atoms with Gasteiger partial charge in [-0.2, -0.15) is 0 Å². The molecule has 0 radical (unpaired) electrons. The molecule has 1 aromatic carbocycles. The van der Waals surface area contributed by atoms with Gasteiger partial charge in [0.05, 0.1) is 11.2 Å². The molecule has 3 atom stereocenters. The van der Waals surface area contributed by atoms with Gasteiger partial charge in [0.25, 0.3) is 0 Å². The Bertz CT molecular complexity index is 520. The molecule has 21 heavy (non-hydrogen) atoms. The van der Waals surface area contributed by atoms with Gasteiger partial charge in [-0.05, 0) is 50.5 Å². The lowest BCUT2D eigenvalue weighted by Gasteiger charge is -2.16. The molecule has 2 N–H and O–H groups in total. The summed E-state index contributed by atoms with van der Waals surface area (Å²) < 4.78 is 0. The van der Waals surface area contributed by atoms with Crippen LogP contribution in [0, 0.1) is 5.92 Å². The van der Waals surface area contributed by atoms with E-state index in [9.17, 15) is 9.59 Å². The molecule has 0 heterocycles. The molecule has 0 aliphatic heterocycles. The summed E-state index contributed by atoms with van der Waals surface area (Å²) in [7, 11) is 0. The number of carbonyl (C=O) groups excluding carboxylic acids is 1. The van der Waals surface area contributed by atoms with Crippen molar-refractivity contribution in [1.29, 1.82) is 0 Å². The van der Waals surface area contributed by atoms with Crippen LogP contribution >= 0.6 is 23.4 Å². The van der Waals surface area contributed by atoms with Crippen LogP contribution in [-0.2, 0) is 9.59 Å². The lowest BCUT2D eigenvalue weighted by Crippen LogP contribution is -2.38. The monoisotopic (exact) mass is 327 g/mol. The maximum absolute atomic E-state index is 12.1. The molecule has 0 aromatic heterocycles. The standard InChI is InChI=1S/C15H18ClNO3S/c1-9(21-13-6-3-11(16)4-7-13)14(18)17-12-5-2-10(8-12)15(19)20/h3-4,6-7,9-10,12H,2,5,8H2,1H3,(H,17,18)(H,19,20)/t9?,10-,12+/m0/s1. The van der Waals surface area contributed by atoms with Gasteiger partial charge < -0.3 is 10.4 Å². The molecule has 1 unspecified atom stereocenters. The van der Waals surface area contributed by atoms with Crippen LogP contribution in [0.15, 0.2) is 29.2 Å². The van der Waals surface area contributed by atoms with Gasteiger partial charge >= 0.3 is 5.97 Å². The molecule has 2 rings (SSSR count). The summed E-state index contributed by atoms with van der Waals surface area (Å²) in [6, 6.07) is 7.33. The first-order chi connectivity index (χ1) is 9.95. The Morgan fingerprint density at radius 2 is 2.00 bits per heavy atom. The lowest BCUT2D eigenvalue weighted by molar-refractivity contribution is -0.141. The zero-order valence-corrected chi connectivity index (χ0v) is 13.3. The fourth-order valence-corrected chi connectivity index (χ4v) is 3.43. The molecule has 1 amide bonds. The van der Waals surface area contributed by atoms with Crippen LogP contribution in [0.25, 0.3) is 0 Å². The summed E-state index contributed by atoms with van der Waals surface area (Å²) in [5, 5.41) is 12.4. The fourth-order valence-electron chi connectivity index (χ4n) is 2.43. The summed E-state index contributed by atoms with van der Waals surface area (Å²) in [6.07, 6.45) is 1.90. The first-order valence-electron chi connectivity index (χ1n) is 6.91. The summed E-state index contributed by atoms with van der Waals surface area (Å²) >= 11 is 7.29. The Balaban J connectivity index is 1.83. The van der Waals surface area contributed by atoms with E-state index in [1.165, 1.54) is 11.8 Å². The van der Waals surface area contributed by atoms with Crippen LogP contribution < -0.4 is 5.32 Å². The van der Waals surface area contributed by atoms with Crippen molar-refractivity contribution in [3.63, 3.8) is 0 Å². The number of carboxylic acids is 1. The van der Waals surface area contributed by atoms with Crippen molar-refractivity contribution >= 4 is 35.2 Å². The highest BCUT2D eigenvalue weighted by molar-refractivity contribution is 8.00. The number of carboxylic acid groups (broad SMARTS) is 1. The maximum atomic E-state index is 12.1. The van der Waals surface area contributed by atoms with Crippen molar-refractivity contribution in [2.45, 2.75) is 42.4 Å². The number of benzene rings is 1. The lowest BCUT2D eigenvalue weighted by atomic mass is 10.1. The van der Waals surface area contributed by atoms with E-state index in [-0.39, 0.29) is 23.1 Å². The first-order valence-corrected chi connectivity index (χ1v) is 8.17. The maximum Gasteiger partial charge on any atom is 0.306 e. The molecule has 1 fully saturated rings. The minimum absolute atomic E-state index is 0.0214. The highest BCUT2D eigenvalue weighted by atomic mass is 35.5. The Kier molecular flexibility index (Phi) is 5.53. The van der Waals surface area contributed by atoms with Crippen molar-refractivity contribution in [1.82, 2.24) is 5.32 Å². The molecule has 1 saturated carbocycles. The van der Waals surface area contributed by atoms with E-state index in [2.05, 4.69) is 5.32 Å². The van der Waals surface area contributed by atoms with Crippen molar-refractivity contribution in [3.8, 4) is 0 Å². The minimum atomic E-state index is -0.768. The van der Waals surface area contributed by atoms with E-state index in [4.69, 9.17) is 16.7 Å². The summed E-state index contributed by atoms with van der Waals surface area (Å²) in [4.78, 5) is 24.0. The van der Waals surface area contributed by atoms with Crippen molar-refractivity contribution in [2.24, 2.45) is 5.92 Å². The summed E-state index contributed by atoms with van der Waals surface area (Å²) in [6.45, 7) is 1.85. The molecule has 0 spiro atoms. The topological polar surface area (TPSA) is 66.4 Å². The van der Waals surface area contributed by atoms with E-state index in [1.807, 2.05) is 19.1 Å². The molecule has 114 valence electrons. The second-order valence-electron chi connectivity index (χ2n) is 5.27. The number of hydrogen-bond donors (Lipinski definition) is 2. The van der Waals surface area contributed by atoms with E-state index >= 15 is 0 Å². The van der Waals surface area contributed by atoms with Gasteiger partial charge in [0.2, 0.25) is 5.91 Å². The van der Waals surface area contributed by atoms with E-state index < -0.39 is 5.97 Å². The second-order valence-corrected chi connectivity index (χ2v) is 7.12. The van der Waals surface area contributed by atoms with Crippen LogP contribution in [0.5, 0.6) is 0 Å². The van der Waals surface area contributed by atoms with Crippen molar-refractivity contribution in [2.75, 3.05) is 0 Å². The van der Waals surface area contributed by atoms with Crippen LogP contribution in [0.2, 0.25) is 5.02 Å². The zero-order valence-electron chi connectivity index (χ0n) is 11.7. The van der Waals surface area contributed by atoms with Crippen molar-refractivity contribution in [3.05, 3.63) is 29.3 Å². The number of amides is 1. The van der Waals surface area contributed by atoms with Gasteiger partial charge in [0.15, 0.2) is 0 Å². The Hall–Kier alpha value is -1.20. The highest BCUT2D eigenvalue weighted by Gasteiger charge is 2.31. The number of rotatable bonds is 5. The molecule has 1 aliphatic carbocycles. The quantitative estimate of drug-likeness (QED) is 0.815. The average Bonchev–Trinajstić information content (AvgIpc) is 2.90. The van der Waals surface area contributed by atoms with Gasteiger partial charge in [-0.1, -0.05) is 11.6 Å². The second kappa shape index (κ2) is 7.18. The zero-order chi connectivity index (χ0) is 15.4.